The lowest BCUT2D eigenvalue weighted by Crippen LogP contribution is -2.47. The number of carbonyl (C=O) groups is 1. The van der Waals surface area contributed by atoms with Gasteiger partial charge in [0.05, 0.1) is 0 Å². The molecular weight excluding hydrogens is 250 g/mol. The lowest BCUT2D eigenvalue weighted by molar-refractivity contribution is 0.00671. The first-order chi connectivity index (χ1) is 9.08. The van der Waals surface area contributed by atoms with Crippen LogP contribution in [0.25, 0.3) is 0 Å². The Kier molecular flexibility index (Phi) is 8.22. The minimum Gasteiger partial charge on any atom is -0.444 e. The molecule has 1 atom stereocenters. The Balaban J connectivity index is 5.02. The van der Waals surface area contributed by atoms with Crippen LogP contribution in [0.5, 0.6) is 0 Å². The maximum absolute atomic E-state index is 12.5. The van der Waals surface area contributed by atoms with Crippen molar-refractivity contribution in [2.24, 2.45) is 11.8 Å². The molecule has 1 amide bonds. The summed E-state index contributed by atoms with van der Waals surface area (Å²) in [5, 5.41) is 0. The lowest BCUT2D eigenvalue weighted by Gasteiger charge is -2.37. The first kappa shape index (κ1) is 19.3. The fourth-order valence-electron chi connectivity index (χ4n) is 2.32. The summed E-state index contributed by atoms with van der Waals surface area (Å²) in [6, 6.07) is 0.271. The van der Waals surface area contributed by atoms with Crippen molar-refractivity contribution in [2.75, 3.05) is 6.54 Å². The van der Waals surface area contributed by atoms with Gasteiger partial charge < -0.3 is 9.64 Å². The minimum absolute atomic E-state index is 0.166. The highest BCUT2D eigenvalue weighted by molar-refractivity contribution is 5.68. The summed E-state index contributed by atoms with van der Waals surface area (Å²) in [4.78, 5) is 14.5. The van der Waals surface area contributed by atoms with E-state index < -0.39 is 5.60 Å². The molecule has 0 aliphatic heterocycles. The Bertz CT molecular complexity index is 279. The Labute approximate surface area is 126 Å². The maximum Gasteiger partial charge on any atom is 0.410 e. The zero-order chi connectivity index (χ0) is 15.9. The largest absolute Gasteiger partial charge is 0.444 e. The molecule has 0 heterocycles. The fraction of sp³-hybridized carbons (Fsp3) is 0.941. The third kappa shape index (κ3) is 7.76. The van der Waals surface area contributed by atoms with Gasteiger partial charge in [-0.1, -0.05) is 47.5 Å². The zero-order valence-corrected chi connectivity index (χ0v) is 14.8. The van der Waals surface area contributed by atoms with E-state index in [0.29, 0.717) is 11.8 Å². The third-order valence-corrected chi connectivity index (χ3v) is 3.21. The van der Waals surface area contributed by atoms with Gasteiger partial charge in [-0.2, -0.15) is 0 Å². The quantitative estimate of drug-likeness (QED) is 0.651. The van der Waals surface area contributed by atoms with E-state index in [0.717, 1.165) is 25.8 Å². The Morgan fingerprint density at radius 1 is 1.15 bits per heavy atom. The summed E-state index contributed by atoms with van der Waals surface area (Å²) in [7, 11) is 0. The van der Waals surface area contributed by atoms with Crippen LogP contribution >= 0.6 is 0 Å². The third-order valence-electron chi connectivity index (χ3n) is 3.21. The Morgan fingerprint density at radius 3 is 2.05 bits per heavy atom. The van der Waals surface area contributed by atoms with Crippen LogP contribution in [0.4, 0.5) is 4.79 Å². The molecule has 0 spiro atoms. The molecule has 0 aromatic heterocycles. The average molecular weight is 285 g/mol. The van der Waals surface area contributed by atoms with Gasteiger partial charge in [0.25, 0.3) is 0 Å². The summed E-state index contributed by atoms with van der Waals surface area (Å²) in [6.07, 6.45) is 3.20. The van der Waals surface area contributed by atoms with Gasteiger partial charge >= 0.3 is 6.09 Å². The van der Waals surface area contributed by atoms with Gasteiger partial charge in [0.2, 0.25) is 0 Å². The number of ether oxygens (including phenoxy) is 1. The number of rotatable bonds is 7. The van der Waals surface area contributed by atoms with Crippen LogP contribution in [0.15, 0.2) is 0 Å². The molecule has 3 nitrogen and oxygen atoms in total. The minimum atomic E-state index is -0.432. The second kappa shape index (κ2) is 8.53. The molecule has 0 aromatic rings. The fourth-order valence-corrected chi connectivity index (χ4v) is 2.32. The second-order valence-corrected chi connectivity index (χ2v) is 7.48. The van der Waals surface area contributed by atoms with Gasteiger partial charge in [-0.05, 0) is 39.0 Å². The van der Waals surface area contributed by atoms with Gasteiger partial charge in [-0.25, -0.2) is 4.79 Å². The average Bonchev–Trinajstić information content (AvgIpc) is 2.24. The molecule has 1 unspecified atom stereocenters. The second-order valence-electron chi connectivity index (χ2n) is 7.48. The molecule has 20 heavy (non-hydrogen) atoms. The van der Waals surface area contributed by atoms with Crippen molar-refractivity contribution in [3.63, 3.8) is 0 Å². The summed E-state index contributed by atoms with van der Waals surface area (Å²) in [6.45, 7) is 17.4. The van der Waals surface area contributed by atoms with Gasteiger partial charge in [0, 0.05) is 12.6 Å². The number of amides is 1. The van der Waals surface area contributed by atoms with Gasteiger partial charge in [-0.15, -0.1) is 0 Å². The van der Waals surface area contributed by atoms with Gasteiger partial charge in [0.15, 0.2) is 0 Å². The molecule has 0 rings (SSSR count). The lowest BCUT2D eigenvalue weighted by atomic mass is 9.96. The van der Waals surface area contributed by atoms with Crippen LogP contribution in [0, 0.1) is 11.8 Å². The first-order valence-electron chi connectivity index (χ1n) is 8.08. The highest BCUT2D eigenvalue weighted by Gasteiger charge is 2.30. The molecule has 0 bridgehead atoms. The maximum atomic E-state index is 12.5. The van der Waals surface area contributed by atoms with Crippen LogP contribution in [0.3, 0.4) is 0 Å². The van der Waals surface area contributed by atoms with Crippen molar-refractivity contribution in [1.29, 1.82) is 0 Å². The summed E-state index contributed by atoms with van der Waals surface area (Å²) in [5.74, 6) is 0.901. The summed E-state index contributed by atoms with van der Waals surface area (Å²) in [5.41, 5.74) is -0.432. The molecule has 0 aromatic carbocycles. The van der Waals surface area contributed by atoms with E-state index in [2.05, 4.69) is 34.6 Å². The molecule has 0 aliphatic carbocycles. The van der Waals surface area contributed by atoms with Crippen LogP contribution in [-0.2, 0) is 4.74 Å². The molecule has 0 N–H and O–H groups in total. The van der Waals surface area contributed by atoms with E-state index in [1.807, 2.05) is 25.7 Å². The zero-order valence-electron chi connectivity index (χ0n) is 14.8. The predicted molar refractivity (Wildman–Crippen MR) is 85.9 cm³/mol. The molecule has 0 aliphatic rings. The smallest absolute Gasteiger partial charge is 0.410 e. The molecular formula is C17H35NO2. The van der Waals surface area contributed by atoms with E-state index in [1.165, 1.54) is 0 Å². The monoisotopic (exact) mass is 285 g/mol. The van der Waals surface area contributed by atoms with Gasteiger partial charge in [-0.3, -0.25) is 0 Å². The normalized spacial score (nSPS) is 13.7. The van der Waals surface area contributed by atoms with Crippen molar-refractivity contribution in [2.45, 2.75) is 86.3 Å². The number of hydrogen-bond donors (Lipinski definition) is 0. The SMILES string of the molecule is CCCCC(C(C)C)N(CC(C)C)C(=O)OC(C)(C)C. The van der Waals surface area contributed by atoms with E-state index in [1.54, 1.807) is 0 Å². The first-order valence-corrected chi connectivity index (χ1v) is 8.08. The highest BCUT2D eigenvalue weighted by atomic mass is 16.6. The van der Waals surface area contributed by atoms with Crippen molar-refractivity contribution in [3.8, 4) is 0 Å². The van der Waals surface area contributed by atoms with Crippen molar-refractivity contribution in [1.82, 2.24) is 4.90 Å². The van der Waals surface area contributed by atoms with E-state index >= 15 is 0 Å². The number of unbranched alkanes of at least 4 members (excludes halogenated alkanes) is 1. The van der Waals surface area contributed by atoms with E-state index in [-0.39, 0.29) is 12.1 Å². The van der Waals surface area contributed by atoms with Crippen molar-refractivity contribution >= 4 is 6.09 Å². The van der Waals surface area contributed by atoms with E-state index in [4.69, 9.17) is 4.74 Å². The molecule has 0 saturated carbocycles. The van der Waals surface area contributed by atoms with Gasteiger partial charge in [0.1, 0.15) is 5.60 Å². The Hall–Kier alpha value is -0.730. The number of nitrogens with zero attached hydrogens (tertiary/aromatic N) is 1. The summed E-state index contributed by atoms with van der Waals surface area (Å²) < 4.78 is 5.60. The molecule has 0 fully saturated rings. The Morgan fingerprint density at radius 2 is 1.70 bits per heavy atom. The standard InChI is InChI=1S/C17H35NO2/c1-9-10-11-15(14(4)5)18(12-13(2)3)16(19)20-17(6,7)8/h13-15H,9-12H2,1-8H3. The van der Waals surface area contributed by atoms with Crippen LogP contribution in [-0.4, -0.2) is 29.2 Å². The molecule has 120 valence electrons. The van der Waals surface area contributed by atoms with Crippen LogP contribution in [0.1, 0.15) is 74.7 Å². The van der Waals surface area contributed by atoms with Crippen molar-refractivity contribution in [3.05, 3.63) is 0 Å². The molecule has 0 radical (unpaired) electrons. The molecule has 0 saturated heterocycles. The van der Waals surface area contributed by atoms with Crippen LogP contribution in [0.2, 0.25) is 0 Å². The number of hydrogen-bond acceptors (Lipinski definition) is 2. The summed E-state index contributed by atoms with van der Waals surface area (Å²) >= 11 is 0. The number of carbonyl (C=O) groups excluding carboxylic acids is 1. The predicted octanol–water partition coefficient (Wildman–Crippen LogP) is 5.09. The molecule has 3 heteroatoms. The van der Waals surface area contributed by atoms with E-state index in [9.17, 15) is 4.79 Å². The van der Waals surface area contributed by atoms with Crippen LogP contribution < -0.4 is 0 Å². The van der Waals surface area contributed by atoms with Crippen molar-refractivity contribution < 1.29 is 9.53 Å². The highest BCUT2D eigenvalue weighted by Crippen LogP contribution is 2.22. The topological polar surface area (TPSA) is 29.5 Å².